The van der Waals surface area contributed by atoms with Crippen molar-refractivity contribution in [3.8, 4) is 11.5 Å². The van der Waals surface area contributed by atoms with E-state index in [0.717, 1.165) is 12.0 Å². The first-order valence-corrected chi connectivity index (χ1v) is 6.40. The molecule has 2 N–H and O–H groups in total. The second kappa shape index (κ2) is 5.98. The number of benzene rings is 2. The molecular weight excluding hydrogens is 297 g/mol. The van der Waals surface area contributed by atoms with Crippen molar-refractivity contribution >= 4 is 15.9 Å². The van der Waals surface area contributed by atoms with Gasteiger partial charge in [-0.1, -0.05) is 34.1 Å². The molecular formula is C14H13BrFNO. The highest BCUT2D eigenvalue weighted by Gasteiger charge is 2.05. The predicted octanol–water partition coefficient (Wildman–Crippen LogP) is 3.88. The van der Waals surface area contributed by atoms with Crippen molar-refractivity contribution in [1.82, 2.24) is 0 Å². The van der Waals surface area contributed by atoms with Crippen LogP contribution in [0, 0.1) is 5.82 Å². The van der Waals surface area contributed by atoms with Gasteiger partial charge < -0.3 is 10.5 Å². The van der Waals surface area contributed by atoms with Gasteiger partial charge in [-0.05, 0) is 36.7 Å². The lowest BCUT2D eigenvalue weighted by Crippen LogP contribution is -2.03. The fraction of sp³-hybridized carbons (Fsp3) is 0.143. The average Bonchev–Trinajstić information content (AvgIpc) is 2.30. The minimum absolute atomic E-state index is 0.337. The van der Waals surface area contributed by atoms with E-state index >= 15 is 0 Å². The lowest BCUT2D eigenvalue weighted by atomic mass is 10.1. The Kier molecular flexibility index (Phi) is 4.33. The normalized spacial score (nSPS) is 10.4. The van der Waals surface area contributed by atoms with Gasteiger partial charge >= 0.3 is 0 Å². The molecule has 18 heavy (non-hydrogen) atoms. The standard InChI is InChI=1S/C14H13BrFNO/c15-11-7-12(16)9-13(8-11)18-14-4-2-1-3-10(14)5-6-17/h1-4,7-9H,5-6,17H2. The van der Waals surface area contributed by atoms with Crippen LogP contribution < -0.4 is 10.5 Å². The van der Waals surface area contributed by atoms with Crippen molar-refractivity contribution in [1.29, 1.82) is 0 Å². The third-order valence-corrected chi connectivity index (χ3v) is 2.91. The van der Waals surface area contributed by atoms with E-state index < -0.39 is 0 Å². The summed E-state index contributed by atoms with van der Waals surface area (Å²) in [5.41, 5.74) is 6.56. The van der Waals surface area contributed by atoms with E-state index in [2.05, 4.69) is 15.9 Å². The minimum Gasteiger partial charge on any atom is -0.457 e. The van der Waals surface area contributed by atoms with Crippen LogP contribution >= 0.6 is 15.9 Å². The molecule has 0 radical (unpaired) electrons. The van der Waals surface area contributed by atoms with E-state index in [1.165, 1.54) is 12.1 Å². The highest BCUT2D eigenvalue weighted by Crippen LogP contribution is 2.28. The summed E-state index contributed by atoms with van der Waals surface area (Å²) >= 11 is 3.24. The molecule has 0 fully saturated rings. The third kappa shape index (κ3) is 3.31. The number of hydrogen-bond acceptors (Lipinski definition) is 2. The summed E-state index contributed by atoms with van der Waals surface area (Å²) in [4.78, 5) is 0. The van der Waals surface area contributed by atoms with Crippen LogP contribution in [0.15, 0.2) is 46.9 Å². The molecule has 0 aromatic heterocycles. The molecule has 2 rings (SSSR count). The number of nitrogens with two attached hydrogens (primary N) is 1. The Bertz CT molecular complexity index is 525. The van der Waals surface area contributed by atoms with E-state index in [-0.39, 0.29) is 5.82 Å². The average molecular weight is 310 g/mol. The van der Waals surface area contributed by atoms with Crippen LogP contribution in [0.25, 0.3) is 0 Å². The summed E-state index contributed by atoms with van der Waals surface area (Å²) in [5, 5.41) is 0. The topological polar surface area (TPSA) is 35.2 Å². The predicted molar refractivity (Wildman–Crippen MR) is 73.4 cm³/mol. The molecule has 0 saturated heterocycles. The third-order valence-electron chi connectivity index (χ3n) is 2.45. The molecule has 0 spiro atoms. The summed E-state index contributed by atoms with van der Waals surface area (Å²) < 4.78 is 19.6. The molecule has 0 aliphatic carbocycles. The smallest absolute Gasteiger partial charge is 0.131 e. The molecule has 2 aromatic carbocycles. The van der Waals surface area contributed by atoms with Crippen molar-refractivity contribution in [3.05, 3.63) is 58.3 Å². The number of hydrogen-bond donors (Lipinski definition) is 1. The van der Waals surface area contributed by atoms with Gasteiger partial charge in [0.05, 0.1) is 0 Å². The van der Waals surface area contributed by atoms with Crippen LogP contribution in [-0.2, 0) is 6.42 Å². The highest BCUT2D eigenvalue weighted by atomic mass is 79.9. The van der Waals surface area contributed by atoms with Gasteiger partial charge in [-0.2, -0.15) is 0 Å². The van der Waals surface area contributed by atoms with Crippen LogP contribution in [0.3, 0.4) is 0 Å². The molecule has 0 aliphatic heterocycles. The van der Waals surface area contributed by atoms with Crippen molar-refractivity contribution < 1.29 is 9.13 Å². The first kappa shape index (κ1) is 13.1. The number of halogens is 2. The number of rotatable bonds is 4. The zero-order valence-electron chi connectivity index (χ0n) is 9.70. The molecule has 0 unspecified atom stereocenters. The molecule has 94 valence electrons. The van der Waals surface area contributed by atoms with Gasteiger partial charge in [0.15, 0.2) is 0 Å². The minimum atomic E-state index is -0.337. The van der Waals surface area contributed by atoms with Crippen molar-refractivity contribution in [3.63, 3.8) is 0 Å². The maximum absolute atomic E-state index is 13.2. The molecule has 0 aliphatic rings. The fourth-order valence-electron chi connectivity index (χ4n) is 1.68. The Morgan fingerprint density at radius 1 is 1.17 bits per heavy atom. The quantitative estimate of drug-likeness (QED) is 0.930. The highest BCUT2D eigenvalue weighted by molar-refractivity contribution is 9.10. The molecule has 0 amide bonds. The Labute approximate surface area is 114 Å². The summed E-state index contributed by atoms with van der Waals surface area (Å²) in [6.45, 7) is 0.549. The molecule has 0 atom stereocenters. The molecule has 2 nitrogen and oxygen atoms in total. The molecule has 2 aromatic rings. The maximum Gasteiger partial charge on any atom is 0.131 e. The van der Waals surface area contributed by atoms with Gasteiger partial charge in [0.1, 0.15) is 17.3 Å². The Morgan fingerprint density at radius 2 is 1.94 bits per heavy atom. The van der Waals surface area contributed by atoms with E-state index in [0.29, 0.717) is 22.5 Å². The van der Waals surface area contributed by atoms with E-state index in [1.54, 1.807) is 6.07 Å². The molecule has 4 heteroatoms. The SMILES string of the molecule is NCCc1ccccc1Oc1cc(F)cc(Br)c1. The van der Waals surface area contributed by atoms with Gasteiger partial charge in [0.2, 0.25) is 0 Å². The Balaban J connectivity index is 2.27. The Hall–Kier alpha value is -1.39. The van der Waals surface area contributed by atoms with Gasteiger partial charge in [-0.3, -0.25) is 0 Å². The van der Waals surface area contributed by atoms with Crippen molar-refractivity contribution in [2.45, 2.75) is 6.42 Å². The van der Waals surface area contributed by atoms with Crippen LogP contribution in [-0.4, -0.2) is 6.54 Å². The van der Waals surface area contributed by atoms with Crippen LogP contribution in [0.2, 0.25) is 0 Å². The van der Waals surface area contributed by atoms with Crippen LogP contribution in [0.5, 0.6) is 11.5 Å². The molecule has 0 saturated carbocycles. The molecule has 0 heterocycles. The number of para-hydroxylation sites is 1. The van der Waals surface area contributed by atoms with Crippen LogP contribution in [0.4, 0.5) is 4.39 Å². The first-order chi connectivity index (χ1) is 8.69. The first-order valence-electron chi connectivity index (χ1n) is 5.61. The maximum atomic E-state index is 13.2. The van der Waals surface area contributed by atoms with Gasteiger partial charge in [0, 0.05) is 10.5 Å². The largest absolute Gasteiger partial charge is 0.457 e. The fourth-order valence-corrected chi connectivity index (χ4v) is 2.12. The zero-order chi connectivity index (χ0) is 13.0. The zero-order valence-corrected chi connectivity index (χ0v) is 11.3. The summed E-state index contributed by atoms with van der Waals surface area (Å²) in [6, 6.07) is 12.1. The second-order valence-corrected chi connectivity index (χ2v) is 4.77. The lowest BCUT2D eigenvalue weighted by molar-refractivity contribution is 0.470. The van der Waals surface area contributed by atoms with E-state index in [1.807, 2.05) is 24.3 Å². The van der Waals surface area contributed by atoms with E-state index in [9.17, 15) is 4.39 Å². The lowest BCUT2D eigenvalue weighted by Gasteiger charge is -2.10. The van der Waals surface area contributed by atoms with Gasteiger partial charge in [0.25, 0.3) is 0 Å². The van der Waals surface area contributed by atoms with Crippen LogP contribution in [0.1, 0.15) is 5.56 Å². The summed E-state index contributed by atoms with van der Waals surface area (Å²) in [5.74, 6) is 0.836. The van der Waals surface area contributed by atoms with Gasteiger partial charge in [-0.15, -0.1) is 0 Å². The summed E-state index contributed by atoms with van der Waals surface area (Å²) in [7, 11) is 0. The monoisotopic (exact) mass is 309 g/mol. The van der Waals surface area contributed by atoms with Crippen molar-refractivity contribution in [2.75, 3.05) is 6.54 Å². The number of ether oxygens (including phenoxy) is 1. The second-order valence-electron chi connectivity index (χ2n) is 3.85. The van der Waals surface area contributed by atoms with Crippen molar-refractivity contribution in [2.24, 2.45) is 5.73 Å². The van der Waals surface area contributed by atoms with Gasteiger partial charge in [-0.25, -0.2) is 4.39 Å². The molecule has 0 bridgehead atoms. The Morgan fingerprint density at radius 3 is 2.67 bits per heavy atom. The summed E-state index contributed by atoms with van der Waals surface area (Å²) in [6.07, 6.45) is 0.729. The van der Waals surface area contributed by atoms with E-state index in [4.69, 9.17) is 10.5 Å².